The van der Waals surface area contributed by atoms with E-state index in [1.165, 1.54) is 6.07 Å². The van der Waals surface area contributed by atoms with Gasteiger partial charge in [-0.3, -0.25) is 0 Å². The van der Waals surface area contributed by atoms with Gasteiger partial charge in [0.1, 0.15) is 5.75 Å². The molecule has 0 radical (unpaired) electrons. The second-order valence-corrected chi connectivity index (χ2v) is 5.24. The molecular formula is C17H20FNO. The highest BCUT2D eigenvalue weighted by Gasteiger charge is 2.16. The number of para-hydroxylation sites is 2. The van der Waals surface area contributed by atoms with E-state index in [0.717, 1.165) is 5.56 Å². The standard InChI is InChI=1S/C17H20FNO/c1-11(2)13-7-4-5-10-16(13)20-17-14(12(3)19)8-6-9-15(17)18/h4-12H,19H2,1-3H3. The molecule has 1 atom stereocenters. The first kappa shape index (κ1) is 14.5. The van der Waals surface area contributed by atoms with E-state index in [1.54, 1.807) is 12.1 Å². The fraction of sp³-hybridized carbons (Fsp3) is 0.294. The molecular weight excluding hydrogens is 253 g/mol. The molecule has 2 N–H and O–H groups in total. The largest absolute Gasteiger partial charge is 0.454 e. The van der Waals surface area contributed by atoms with Gasteiger partial charge >= 0.3 is 0 Å². The second kappa shape index (κ2) is 6.06. The van der Waals surface area contributed by atoms with Crippen LogP contribution in [0.25, 0.3) is 0 Å². The highest BCUT2D eigenvalue weighted by molar-refractivity contribution is 5.44. The number of halogens is 1. The summed E-state index contributed by atoms with van der Waals surface area (Å²) in [4.78, 5) is 0. The maximum Gasteiger partial charge on any atom is 0.167 e. The maximum absolute atomic E-state index is 14.0. The minimum atomic E-state index is -0.390. The lowest BCUT2D eigenvalue weighted by Crippen LogP contribution is -2.08. The van der Waals surface area contributed by atoms with Crippen LogP contribution in [0.3, 0.4) is 0 Å². The van der Waals surface area contributed by atoms with Gasteiger partial charge in [-0.05, 0) is 30.5 Å². The van der Waals surface area contributed by atoms with Gasteiger partial charge in [0.2, 0.25) is 0 Å². The molecule has 0 aliphatic heterocycles. The SMILES string of the molecule is CC(C)c1ccccc1Oc1c(F)cccc1C(C)N. The summed E-state index contributed by atoms with van der Waals surface area (Å²) in [5.41, 5.74) is 7.61. The van der Waals surface area contributed by atoms with Crippen molar-refractivity contribution in [3.05, 3.63) is 59.4 Å². The molecule has 0 bridgehead atoms. The lowest BCUT2D eigenvalue weighted by Gasteiger charge is -2.17. The van der Waals surface area contributed by atoms with Gasteiger partial charge in [0.05, 0.1) is 0 Å². The van der Waals surface area contributed by atoms with E-state index >= 15 is 0 Å². The summed E-state index contributed by atoms with van der Waals surface area (Å²) in [5.74, 6) is 0.806. The first-order chi connectivity index (χ1) is 9.50. The number of hydrogen-bond donors (Lipinski definition) is 1. The average Bonchev–Trinajstić information content (AvgIpc) is 2.41. The highest BCUT2D eigenvalue weighted by atomic mass is 19.1. The zero-order valence-electron chi connectivity index (χ0n) is 12.1. The lowest BCUT2D eigenvalue weighted by atomic mass is 10.0. The van der Waals surface area contributed by atoms with Crippen LogP contribution in [0.2, 0.25) is 0 Å². The Hall–Kier alpha value is -1.87. The Bertz CT molecular complexity index is 593. The highest BCUT2D eigenvalue weighted by Crippen LogP contribution is 2.35. The number of benzene rings is 2. The van der Waals surface area contributed by atoms with Gasteiger partial charge < -0.3 is 10.5 Å². The molecule has 2 nitrogen and oxygen atoms in total. The fourth-order valence-electron chi connectivity index (χ4n) is 2.15. The molecule has 2 aromatic rings. The van der Waals surface area contributed by atoms with Crippen LogP contribution >= 0.6 is 0 Å². The van der Waals surface area contributed by atoms with Gasteiger partial charge in [0.25, 0.3) is 0 Å². The van der Waals surface area contributed by atoms with Crippen molar-refractivity contribution in [2.45, 2.75) is 32.7 Å². The third kappa shape index (κ3) is 2.99. The van der Waals surface area contributed by atoms with Crippen molar-refractivity contribution in [3.63, 3.8) is 0 Å². The Balaban J connectivity index is 2.45. The Morgan fingerprint density at radius 1 is 0.950 bits per heavy atom. The molecule has 20 heavy (non-hydrogen) atoms. The number of hydrogen-bond acceptors (Lipinski definition) is 2. The molecule has 106 valence electrons. The van der Waals surface area contributed by atoms with Gasteiger partial charge in [0.15, 0.2) is 11.6 Å². The topological polar surface area (TPSA) is 35.2 Å². The third-order valence-corrected chi connectivity index (χ3v) is 3.24. The molecule has 0 fully saturated rings. The molecule has 0 spiro atoms. The first-order valence-corrected chi connectivity index (χ1v) is 6.81. The summed E-state index contributed by atoms with van der Waals surface area (Å²) in [6.45, 7) is 5.97. The Kier molecular flexibility index (Phi) is 4.40. The van der Waals surface area contributed by atoms with Crippen LogP contribution < -0.4 is 10.5 Å². The minimum Gasteiger partial charge on any atom is -0.454 e. The molecule has 1 unspecified atom stereocenters. The van der Waals surface area contributed by atoms with Crippen LogP contribution in [-0.4, -0.2) is 0 Å². The van der Waals surface area contributed by atoms with Crippen molar-refractivity contribution < 1.29 is 9.13 Å². The molecule has 0 heterocycles. The van der Waals surface area contributed by atoms with Gasteiger partial charge in [-0.1, -0.05) is 44.2 Å². The molecule has 0 aromatic heterocycles. The summed E-state index contributed by atoms with van der Waals surface area (Å²) in [7, 11) is 0. The molecule has 0 saturated carbocycles. The minimum absolute atomic E-state index is 0.218. The van der Waals surface area contributed by atoms with Crippen LogP contribution in [0.5, 0.6) is 11.5 Å². The molecule has 0 aliphatic rings. The van der Waals surface area contributed by atoms with Crippen LogP contribution in [0.1, 0.15) is 43.9 Å². The predicted molar refractivity (Wildman–Crippen MR) is 79.6 cm³/mol. The van der Waals surface area contributed by atoms with E-state index in [2.05, 4.69) is 13.8 Å². The Morgan fingerprint density at radius 3 is 2.25 bits per heavy atom. The fourth-order valence-corrected chi connectivity index (χ4v) is 2.15. The van der Waals surface area contributed by atoms with Gasteiger partial charge in [-0.15, -0.1) is 0 Å². The molecule has 2 rings (SSSR count). The maximum atomic E-state index is 14.0. The van der Waals surface area contributed by atoms with Crippen LogP contribution in [0, 0.1) is 5.82 Å². The normalized spacial score (nSPS) is 12.5. The van der Waals surface area contributed by atoms with E-state index in [9.17, 15) is 4.39 Å². The summed E-state index contributed by atoms with van der Waals surface area (Å²) < 4.78 is 19.9. The summed E-state index contributed by atoms with van der Waals surface area (Å²) >= 11 is 0. The van der Waals surface area contributed by atoms with Crippen molar-refractivity contribution in [3.8, 4) is 11.5 Å². The predicted octanol–water partition coefficient (Wildman–Crippen LogP) is 4.76. The van der Waals surface area contributed by atoms with Crippen molar-refractivity contribution in [2.75, 3.05) is 0 Å². The van der Waals surface area contributed by atoms with Crippen LogP contribution in [0.4, 0.5) is 4.39 Å². The van der Waals surface area contributed by atoms with Crippen molar-refractivity contribution >= 4 is 0 Å². The van der Waals surface area contributed by atoms with Crippen molar-refractivity contribution in [1.82, 2.24) is 0 Å². The lowest BCUT2D eigenvalue weighted by molar-refractivity contribution is 0.426. The summed E-state index contributed by atoms with van der Waals surface area (Å²) in [5, 5.41) is 0. The number of rotatable bonds is 4. The molecule has 3 heteroatoms. The number of ether oxygens (including phenoxy) is 1. The van der Waals surface area contributed by atoms with Crippen molar-refractivity contribution in [1.29, 1.82) is 0 Å². The number of nitrogens with two attached hydrogens (primary N) is 1. The Morgan fingerprint density at radius 2 is 1.60 bits per heavy atom. The van der Waals surface area contributed by atoms with E-state index < -0.39 is 5.82 Å². The zero-order chi connectivity index (χ0) is 14.7. The van der Waals surface area contributed by atoms with Gasteiger partial charge in [0, 0.05) is 11.6 Å². The monoisotopic (exact) mass is 273 g/mol. The summed E-state index contributed by atoms with van der Waals surface area (Å²) in [6, 6.07) is 12.2. The first-order valence-electron chi connectivity index (χ1n) is 6.81. The third-order valence-electron chi connectivity index (χ3n) is 3.24. The second-order valence-electron chi connectivity index (χ2n) is 5.24. The van der Waals surface area contributed by atoms with E-state index in [0.29, 0.717) is 17.2 Å². The smallest absolute Gasteiger partial charge is 0.167 e. The van der Waals surface area contributed by atoms with E-state index in [-0.39, 0.29) is 11.8 Å². The van der Waals surface area contributed by atoms with E-state index in [4.69, 9.17) is 10.5 Å². The van der Waals surface area contributed by atoms with Crippen molar-refractivity contribution in [2.24, 2.45) is 5.73 Å². The molecule has 2 aromatic carbocycles. The molecule has 0 saturated heterocycles. The van der Waals surface area contributed by atoms with E-state index in [1.807, 2.05) is 31.2 Å². The van der Waals surface area contributed by atoms with Gasteiger partial charge in [-0.2, -0.15) is 0 Å². The van der Waals surface area contributed by atoms with Gasteiger partial charge in [-0.25, -0.2) is 4.39 Å². The zero-order valence-corrected chi connectivity index (χ0v) is 12.1. The van der Waals surface area contributed by atoms with Crippen LogP contribution in [-0.2, 0) is 0 Å². The van der Waals surface area contributed by atoms with Crippen LogP contribution in [0.15, 0.2) is 42.5 Å². The summed E-state index contributed by atoms with van der Waals surface area (Å²) in [6.07, 6.45) is 0. The quantitative estimate of drug-likeness (QED) is 0.871. The Labute approximate surface area is 119 Å². The average molecular weight is 273 g/mol. The molecule has 0 aliphatic carbocycles. The molecule has 0 amide bonds.